The van der Waals surface area contributed by atoms with Gasteiger partial charge in [0.05, 0.1) is 12.0 Å². The monoisotopic (exact) mass is 410 g/mol. The molecule has 4 heteroatoms. The molecule has 1 saturated carbocycles. The lowest BCUT2D eigenvalue weighted by Gasteiger charge is -2.18. The van der Waals surface area contributed by atoms with Crippen LogP contribution < -0.4 is 15.4 Å². The maximum Gasteiger partial charge on any atom is 0.235 e. The van der Waals surface area contributed by atoms with E-state index in [1.807, 2.05) is 12.1 Å². The molecule has 0 unspecified atom stereocenters. The molecule has 1 fully saturated rings. The lowest BCUT2D eigenvalue weighted by Crippen LogP contribution is -2.27. The highest BCUT2D eigenvalue weighted by Crippen LogP contribution is 2.50. The van der Waals surface area contributed by atoms with Gasteiger partial charge in [0.25, 0.3) is 0 Å². The molecule has 3 aromatic rings. The van der Waals surface area contributed by atoms with Crippen LogP contribution in [0.3, 0.4) is 0 Å². The van der Waals surface area contributed by atoms with Crippen molar-refractivity contribution >= 4 is 17.3 Å². The number of hydrogen-bond donors (Lipinski definition) is 2. The Hall–Kier alpha value is -3.27. The Kier molecular flexibility index (Phi) is 4.10. The van der Waals surface area contributed by atoms with Gasteiger partial charge >= 0.3 is 0 Å². The highest BCUT2D eigenvalue weighted by atomic mass is 16.5. The Bertz CT molecular complexity index is 1210. The van der Waals surface area contributed by atoms with Gasteiger partial charge in [0.15, 0.2) is 0 Å². The van der Waals surface area contributed by atoms with Crippen LogP contribution in [0.15, 0.2) is 54.6 Å². The van der Waals surface area contributed by atoms with Crippen LogP contribution in [0, 0.1) is 6.92 Å². The summed E-state index contributed by atoms with van der Waals surface area (Å²) < 4.78 is 5.63. The maximum atomic E-state index is 13.3. The molecule has 6 rings (SSSR count). The van der Waals surface area contributed by atoms with Gasteiger partial charge in [-0.2, -0.15) is 0 Å². The second-order valence-electron chi connectivity index (χ2n) is 9.04. The van der Waals surface area contributed by atoms with Crippen molar-refractivity contribution in [3.8, 4) is 16.9 Å². The Morgan fingerprint density at radius 3 is 2.77 bits per heavy atom. The Labute approximate surface area is 182 Å². The lowest BCUT2D eigenvalue weighted by atomic mass is 9.92. The third-order valence-electron chi connectivity index (χ3n) is 7.05. The minimum Gasteiger partial charge on any atom is -0.493 e. The minimum absolute atomic E-state index is 0.0966. The number of hydrogen-bond acceptors (Lipinski definition) is 3. The lowest BCUT2D eigenvalue weighted by molar-refractivity contribution is -0.118. The molecule has 3 aliphatic rings. The zero-order valence-corrected chi connectivity index (χ0v) is 17.8. The molecule has 0 atom stereocenters. The summed E-state index contributed by atoms with van der Waals surface area (Å²) in [5.41, 5.74) is 8.99. The number of aryl methyl sites for hydroxylation is 1. The summed E-state index contributed by atoms with van der Waals surface area (Å²) in [6.07, 6.45) is 3.79. The number of anilines is 2. The van der Waals surface area contributed by atoms with Crippen molar-refractivity contribution in [2.75, 3.05) is 23.8 Å². The summed E-state index contributed by atoms with van der Waals surface area (Å²) in [5.74, 6) is 1.06. The molecule has 1 amide bonds. The molecular formula is C27H26N2O2. The Balaban J connectivity index is 1.27. The van der Waals surface area contributed by atoms with Crippen LogP contribution in [0.25, 0.3) is 11.1 Å². The van der Waals surface area contributed by atoms with Gasteiger partial charge in [-0.1, -0.05) is 24.3 Å². The second-order valence-corrected chi connectivity index (χ2v) is 9.04. The summed E-state index contributed by atoms with van der Waals surface area (Å²) in [5, 5.41) is 6.64. The molecule has 0 saturated heterocycles. The standard InChI is InChI=1S/C27H26N2O2/c1-17-2-5-22(16-23(17)18-3-6-24-19(14-18)8-12-28-24)29-26(30)27(10-11-27)21-4-7-25-20(15-21)9-13-31-25/h2-7,14-16,28H,8-13H2,1H3,(H,29,30). The molecule has 4 nitrogen and oxygen atoms in total. The molecular weight excluding hydrogens is 384 g/mol. The molecule has 0 spiro atoms. The topological polar surface area (TPSA) is 50.4 Å². The van der Waals surface area contributed by atoms with Crippen LogP contribution in [0.4, 0.5) is 11.4 Å². The van der Waals surface area contributed by atoms with E-state index in [1.54, 1.807) is 0 Å². The third kappa shape index (κ3) is 3.09. The van der Waals surface area contributed by atoms with Crippen molar-refractivity contribution in [3.63, 3.8) is 0 Å². The maximum absolute atomic E-state index is 13.3. The SMILES string of the molecule is Cc1ccc(NC(=O)C2(c3ccc4c(c3)CCO4)CC2)cc1-c1ccc2c(c1)CCN2. The van der Waals surface area contributed by atoms with E-state index in [9.17, 15) is 4.79 Å². The molecule has 0 radical (unpaired) electrons. The fraction of sp³-hybridized carbons (Fsp3) is 0.296. The number of rotatable bonds is 4. The van der Waals surface area contributed by atoms with Crippen molar-refractivity contribution in [1.82, 2.24) is 0 Å². The number of amides is 1. The van der Waals surface area contributed by atoms with Crippen molar-refractivity contribution in [2.24, 2.45) is 0 Å². The van der Waals surface area contributed by atoms with Crippen molar-refractivity contribution in [1.29, 1.82) is 0 Å². The average Bonchev–Trinajstić information content (AvgIpc) is 3.24. The van der Waals surface area contributed by atoms with Crippen LogP contribution in [-0.2, 0) is 23.1 Å². The molecule has 2 heterocycles. The predicted octanol–water partition coefficient (Wildman–Crippen LogP) is 5.24. The third-order valence-corrected chi connectivity index (χ3v) is 7.05. The van der Waals surface area contributed by atoms with Crippen LogP contribution in [0.1, 0.15) is 35.1 Å². The smallest absolute Gasteiger partial charge is 0.235 e. The van der Waals surface area contributed by atoms with E-state index in [0.717, 1.165) is 55.8 Å². The first-order valence-electron chi connectivity index (χ1n) is 11.2. The fourth-order valence-electron chi connectivity index (χ4n) is 4.99. The number of fused-ring (bicyclic) bond motifs is 2. The first kappa shape index (κ1) is 18.5. The molecule has 1 aliphatic carbocycles. The number of carbonyl (C=O) groups excluding carboxylic acids is 1. The molecule has 0 aromatic heterocycles. The van der Waals surface area contributed by atoms with E-state index in [-0.39, 0.29) is 5.91 Å². The first-order valence-corrected chi connectivity index (χ1v) is 11.2. The molecule has 156 valence electrons. The van der Waals surface area contributed by atoms with Crippen molar-refractivity contribution < 1.29 is 9.53 Å². The summed E-state index contributed by atoms with van der Waals surface area (Å²) in [6, 6.07) is 19.1. The summed E-state index contributed by atoms with van der Waals surface area (Å²) in [4.78, 5) is 13.3. The van der Waals surface area contributed by atoms with Gasteiger partial charge < -0.3 is 15.4 Å². The quantitative estimate of drug-likeness (QED) is 0.619. The van der Waals surface area contributed by atoms with Crippen molar-refractivity contribution in [3.05, 3.63) is 76.9 Å². The fourth-order valence-corrected chi connectivity index (χ4v) is 4.99. The van der Waals surface area contributed by atoms with Crippen molar-refractivity contribution in [2.45, 2.75) is 38.0 Å². The van der Waals surface area contributed by atoms with Gasteiger partial charge in [-0.3, -0.25) is 4.79 Å². The normalized spacial score (nSPS) is 17.3. The van der Waals surface area contributed by atoms with Gasteiger partial charge in [0.2, 0.25) is 5.91 Å². The Morgan fingerprint density at radius 2 is 1.90 bits per heavy atom. The molecule has 0 bridgehead atoms. The average molecular weight is 411 g/mol. The highest BCUT2D eigenvalue weighted by Gasteiger charge is 2.51. The zero-order valence-electron chi connectivity index (χ0n) is 17.8. The van der Waals surface area contributed by atoms with Gasteiger partial charge in [0, 0.05) is 24.3 Å². The summed E-state index contributed by atoms with van der Waals surface area (Å²) in [6.45, 7) is 3.87. The van der Waals surface area contributed by atoms with Gasteiger partial charge in [-0.15, -0.1) is 0 Å². The molecule has 2 aliphatic heterocycles. The second kappa shape index (κ2) is 6.88. The number of benzene rings is 3. The largest absolute Gasteiger partial charge is 0.493 e. The first-order chi connectivity index (χ1) is 15.1. The highest BCUT2D eigenvalue weighted by molar-refractivity contribution is 6.02. The minimum atomic E-state index is -0.401. The molecule has 2 N–H and O–H groups in total. The summed E-state index contributed by atoms with van der Waals surface area (Å²) >= 11 is 0. The molecule has 31 heavy (non-hydrogen) atoms. The zero-order chi connectivity index (χ0) is 21.0. The van der Waals surface area contributed by atoms with Gasteiger partial charge in [0.1, 0.15) is 5.75 Å². The number of ether oxygens (including phenoxy) is 1. The van der Waals surface area contributed by atoms with Crippen LogP contribution in [-0.4, -0.2) is 19.1 Å². The van der Waals surface area contributed by atoms with E-state index >= 15 is 0 Å². The van der Waals surface area contributed by atoms with Crippen LogP contribution in [0.5, 0.6) is 5.75 Å². The molecule has 3 aromatic carbocycles. The van der Waals surface area contributed by atoms with E-state index < -0.39 is 5.41 Å². The van der Waals surface area contributed by atoms with Crippen LogP contribution >= 0.6 is 0 Å². The van der Waals surface area contributed by atoms with Gasteiger partial charge in [-0.25, -0.2) is 0 Å². The van der Waals surface area contributed by atoms with E-state index in [2.05, 4.69) is 60.0 Å². The van der Waals surface area contributed by atoms with E-state index in [0.29, 0.717) is 0 Å². The Morgan fingerprint density at radius 1 is 1.00 bits per heavy atom. The van der Waals surface area contributed by atoms with Crippen LogP contribution in [0.2, 0.25) is 0 Å². The number of nitrogens with one attached hydrogen (secondary N) is 2. The van der Waals surface area contributed by atoms with E-state index in [4.69, 9.17) is 4.74 Å². The van der Waals surface area contributed by atoms with E-state index in [1.165, 1.54) is 33.5 Å². The predicted molar refractivity (Wildman–Crippen MR) is 124 cm³/mol. The summed E-state index contributed by atoms with van der Waals surface area (Å²) in [7, 11) is 0. The number of carbonyl (C=O) groups is 1. The van der Waals surface area contributed by atoms with Gasteiger partial charge in [-0.05, 0) is 89.9 Å².